The molecule has 25 heavy (non-hydrogen) atoms. The Morgan fingerprint density at radius 2 is 2.28 bits per heavy atom. The van der Waals surface area contributed by atoms with Crippen LogP contribution < -0.4 is 5.32 Å². The second-order valence-electron chi connectivity index (χ2n) is 5.96. The highest BCUT2D eigenvalue weighted by Crippen LogP contribution is 2.56. The number of aromatic nitrogens is 2. The van der Waals surface area contributed by atoms with Gasteiger partial charge in [-0.05, 0) is 29.8 Å². The van der Waals surface area contributed by atoms with Crippen LogP contribution in [0.25, 0.3) is 5.57 Å². The standard InChI is InChI=1S/C18H17N3O2S2/c1-2-11(22)10-15-20-16(25-21-15)13-7-5-9-24-18(13)12-6-3-4-8-14(12)19-17(18)23/h2-4,6-8,11,22H,1,5,9-10H2,(H,19,23)/t11?,18-/m1/s1. The molecule has 5 nitrogen and oxygen atoms in total. The highest BCUT2D eigenvalue weighted by molar-refractivity contribution is 8.01. The molecule has 1 aromatic heterocycles. The van der Waals surface area contributed by atoms with E-state index in [1.165, 1.54) is 17.6 Å². The molecule has 0 saturated heterocycles. The van der Waals surface area contributed by atoms with Crippen LogP contribution in [-0.2, 0) is 16.0 Å². The molecule has 2 atom stereocenters. The van der Waals surface area contributed by atoms with Gasteiger partial charge in [0.1, 0.15) is 15.6 Å². The molecule has 1 spiro atoms. The van der Waals surface area contributed by atoms with E-state index in [-0.39, 0.29) is 5.91 Å². The maximum atomic E-state index is 13.0. The van der Waals surface area contributed by atoms with Crippen molar-refractivity contribution in [3.05, 3.63) is 59.4 Å². The van der Waals surface area contributed by atoms with Crippen molar-refractivity contribution in [2.45, 2.75) is 23.7 Å². The first-order valence-corrected chi connectivity index (χ1v) is 9.80. The van der Waals surface area contributed by atoms with E-state index in [0.29, 0.717) is 12.2 Å². The van der Waals surface area contributed by atoms with Crippen LogP contribution in [0.2, 0.25) is 0 Å². The van der Waals surface area contributed by atoms with Gasteiger partial charge in [-0.2, -0.15) is 4.37 Å². The second-order valence-corrected chi connectivity index (χ2v) is 8.02. The summed E-state index contributed by atoms with van der Waals surface area (Å²) in [5.74, 6) is 1.43. The van der Waals surface area contributed by atoms with Gasteiger partial charge in [0.25, 0.3) is 0 Å². The second kappa shape index (κ2) is 6.40. The minimum absolute atomic E-state index is 0.0208. The third-order valence-corrected chi connectivity index (χ3v) is 6.69. The predicted molar refractivity (Wildman–Crippen MR) is 102 cm³/mol. The highest BCUT2D eigenvalue weighted by Gasteiger charge is 2.52. The zero-order valence-electron chi connectivity index (χ0n) is 13.4. The average Bonchev–Trinajstić information content (AvgIpc) is 3.19. The van der Waals surface area contributed by atoms with E-state index in [2.05, 4.69) is 27.3 Å². The monoisotopic (exact) mass is 371 g/mol. The zero-order chi connectivity index (χ0) is 17.4. The number of para-hydroxylation sites is 1. The van der Waals surface area contributed by atoms with Crippen molar-refractivity contribution >= 4 is 40.5 Å². The normalized spacial score (nSPS) is 23.1. The first-order valence-electron chi connectivity index (χ1n) is 8.04. The van der Waals surface area contributed by atoms with Gasteiger partial charge in [0.05, 0.1) is 6.10 Å². The lowest BCUT2D eigenvalue weighted by molar-refractivity contribution is -0.116. The van der Waals surface area contributed by atoms with Crippen molar-refractivity contribution in [3.63, 3.8) is 0 Å². The molecule has 128 valence electrons. The summed E-state index contributed by atoms with van der Waals surface area (Å²) in [5, 5.41) is 13.5. The summed E-state index contributed by atoms with van der Waals surface area (Å²) in [6.45, 7) is 3.58. The number of rotatable bonds is 4. The van der Waals surface area contributed by atoms with E-state index >= 15 is 0 Å². The van der Waals surface area contributed by atoms with Crippen LogP contribution in [0, 0.1) is 0 Å². The lowest BCUT2D eigenvalue weighted by atomic mass is 9.90. The van der Waals surface area contributed by atoms with Crippen LogP contribution in [-0.4, -0.2) is 32.2 Å². The molecule has 0 saturated carbocycles. The van der Waals surface area contributed by atoms with Crippen molar-refractivity contribution in [1.82, 2.24) is 9.36 Å². The number of fused-ring (bicyclic) bond motifs is 2. The number of aliphatic hydroxyl groups is 1. The minimum atomic E-state index is -0.761. The third-order valence-electron chi connectivity index (χ3n) is 4.40. The number of benzene rings is 1. The molecule has 0 bridgehead atoms. The summed E-state index contributed by atoms with van der Waals surface area (Å²) >= 11 is 2.93. The number of hydrogen-bond donors (Lipinski definition) is 2. The lowest BCUT2D eigenvalue weighted by Gasteiger charge is -2.31. The smallest absolute Gasteiger partial charge is 0.249 e. The van der Waals surface area contributed by atoms with Crippen molar-refractivity contribution < 1.29 is 9.90 Å². The fourth-order valence-corrected chi connectivity index (χ4v) is 5.48. The molecule has 2 N–H and O–H groups in total. The maximum Gasteiger partial charge on any atom is 0.249 e. The average molecular weight is 371 g/mol. The number of nitrogens with zero attached hydrogens (tertiary/aromatic N) is 2. The van der Waals surface area contributed by atoms with Gasteiger partial charge < -0.3 is 10.4 Å². The van der Waals surface area contributed by atoms with E-state index in [4.69, 9.17) is 0 Å². The molecule has 1 aromatic carbocycles. The fraction of sp³-hybridized carbons (Fsp3) is 0.278. The van der Waals surface area contributed by atoms with Crippen LogP contribution in [0.1, 0.15) is 22.8 Å². The Labute approximate surface area is 154 Å². The molecule has 1 amide bonds. The molecule has 4 rings (SSSR count). The molecule has 2 aliphatic heterocycles. The minimum Gasteiger partial charge on any atom is -0.389 e. The topological polar surface area (TPSA) is 75.1 Å². The number of aliphatic hydroxyl groups excluding tert-OH is 1. The molecule has 3 heterocycles. The first kappa shape index (κ1) is 16.5. The number of thioether (sulfide) groups is 1. The number of allylic oxidation sites excluding steroid dienone is 1. The molecule has 2 aliphatic rings. The summed E-state index contributed by atoms with van der Waals surface area (Å²) in [5.41, 5.74) is 2.75. The van der Waals surface area contributed by atoms with Crippen LogP contribution >= 0.6 is 23.3 Å². The van der Waals surface area contributed by atoms with E-state index in [1.807, 2.05) is 24.3 Å². The van der Waals surface area contributed by atoms with E-state index in [0.717, 1.165) is 34.0 Å². The SMILES string of the molecule is C=CC(O)Cc1nsc(C2=CCCS[C@@]23C(=O)Nc2ccccc23)n1. The summed E-state index contributed by atoms with van der Waals surface area (Å²) in [7, 11) is 0. The Morgan fingerprint density at radius 1 is 1.44 bits per heavy atom. The van der Waals surface area contributed by atoms with Gasteiger partial charge in [-0.3, -0.25) is 4.79 Å². The molecule has 2 aromatic rings. The molecule has 1 unspecified atom stereocenters. The Morgan fingerprint density at radius 3 is 3.12 bits per heavy atom. The molecule has 0 fully saturated rings. The Hall–Kier alpha value is -1.96. The summed E-state index contributed by atoms with van der Waals surface area (Å²) in [6, 6.07) is 7.82. The molecule has 0 radical (unpaired) electrons. The number of carbonyl (C=O) groups is 1. The van der Waals surface area contributed by atoms with Gasteiger partial charge in [-0.1, -0.05) is 30.4 Å². The van der Waals surface area contributed by atoms with Crippen LogP contribution in [0.15, 0.2) is 43.0 Å². The number of amides is 1. The van der Waals surface area contributed by atoms with E-state index in [9.17, 15) is 9.90 Å². The Balaban J connectivity index is 1.77. The Bertz CT molecular complexity index is 877. The van der Waals surface area contributed by atoms with E-state index in [1.54, 1.807) is 11.8 Å². The van der Waals surface area contributed by atoms with Crippen LogP contribution in [0.5, 0.6) is 0 Å². The molecule has 7 heteroatoms. The van der Waals surface area contributed by atoms with Gasteiger partial charge in [0, 0.05) is 23.2 Å². The predicted octanol–water partition coefficient (Wildman–Crippen LogP) is 3.00. The Kier molecular flexibility index (Phi) is 4.23. The van der Waals surface area contributed by atoms with Crippen molar-refractivity contribution in [3.8, 4) is 0 Å². The van der Waals surface area contributed by atoms with Crippen molar-refractivity contribution in [1.29, 1.82) is 0 Å². The van der Waals surface area contributed by atoms with Gasteiger partial charge in [0.15, 0.2) is 0 Å². The van der Waals surface area contributed by atoms with Crippen molar-refractivity contribution in [2.24, 2.45) is 0 Å². The number of anilines is 1. The van der Waals surface area contributed by atoms with Gasteiger partial charge in [-0.15, -0.1) is 18.3 Å². The van der Waals surface area contributed by atoms with Crippen LogP contribution in [0.4, 0.5) is 5.69 Å². The lowest BCUT2D eigenvalue weighted by Crippen LogP contribution is -2.34. The van der Waals surface area contributed by atoms with Gasteiger partial charge in [-0.25, -0.2) is 4.98 Å². The summed E-state index contributed by atoms with van der Waals surface area (Å²) in [6.07, 6.45) is 4.13. The number of hydrogen-bond acceptors (Lipinski definition) is 6. The highest BCUT2D eigenvalue weighted by atomic mass is 32.2. The summed E-state index contributed by atoms with van der Waals surface area (Å²) < 4.78 is 3.59. The van der Waals surface area contributed by atoms with E-state index < -0.39 is 10.9 Å². The van der Waals surface area contributed by atoms with Crippen LogP contribution in [0.3, 0.4) is 0 Å². The fourth-order valence-electron chi connectivity index (χ4n) is 3.23. The quantitative estimate of drug-likeness (QED) is 0.808. The van der Waals surface area contributed by atoms with Gasteiger partial charge in [0.2, 0.25) is 5.91 Å². The first-order chi connectivity index (χ1) is 12.1. The molecule has 0 aliphatic carbocycles. The van der Waals surface area contributed by atoms with Crippen molar-refractivity contribution in [2.75, 3.05) is 11.1 Å². The maximum absolute atomic E-state index is 13.0. The molecular formula is C18H17N3O2S2. The molecular weight excluding hydrogens is 354 g/mol. The zero-order valence-corrected chi connectivity index (χ0v) is 15.1. The largest absolute Gasteiger partial charge is 0.389 e. The summed E-state index contributed by atoms with van der Waals surface area (Å²) in [4.78, 5) is 17.5. The van der Waals surface area contributed by atoms with Gasteiger partial charge >= 0.3 is 0 Å². The third kappa shape index (κ3) is 2.63. The number of nitrogens with one attached hydrogen (secondary N) is 1. The number of carbonyl (C=O) groups excluding carboxylic acids is 1.